The highest BCUT2D eigenvalue weighted by atomic mass is 79.9. The van der Waals surface area contributed by atoms with E-state index in [9.17, 15) is 4.79 Å². The molecule has 3 aromatic rings. The average Bonchev–Trinajstić information content (AvgIpc) is 3.17. The Morgan fingerprint density at radius 1 is 1.18 bits per heavy atom. The number of rotatable bonds is 4. The molecule has 0 spiro atoms. The number of aromatic nitrogens is 2. The molecule has 0 saturated carbocycles. The first-order chi connectivity index (χ1) is 13.6. The third-order valence-corrected chi connectivity index (χ3v) is 6.08. The van der Waals surface area contributed by atoms with E-state index in [-0.39, 0.29) is 5.91 Å². The molecule has 1 aromatic heterocycles. The number of amides is 1. The smallest absolute Gasteiger partial charge is 0.259 e. The summed E-state index contributed by atoms with van der Waals surface area (Å²) in [6.07, 6.45) is 3.69. The van der Waals surface area contributed by atoms with Gasteiger partial charge in [0.05, 0.1) is 23.1 Å². The SMILES string of the molecule is Cc1cc(NC(=O)c2cnn(-c3ccccc3)c2C2CCNCC2)ccc1Br. The number of carbonyl (C=O) groups excluding carboxylic acids is 1. The van der Waals surface area contributed by atoms with Crippen LogP contribution in [-0.4, -0.2) is 28.8 Å². The minimum absolute atomic E-state index is 0.113. The minimum atomic E-state index is -0.113. The fourth-order valence-corrected chi connectivity index (χ4v) is 3.96. The van der Waals surface area contributed by atoms with Crippen molar-refractivity contribution in [3.63, 3.8) is 0 Å². The lowest BCUT2D eigenvalue weighted by Crippen LogP contribution is -2.29. The number of nitrogens with zero attached hydrogens (tertiary/aromatic N) is 2. The van der Waals surface area contributed by atoms with Crippen LogP contribution in [-0.2, 0) is 0 Å². The van der Waals surface area contributed by atoms with Crippen molar-refractivity contribution in [2.45, 2.75) is 25.7 Å². The molecule has 0 radical (unpaired) electrons. The third-order valence-electron chi connectivity index (χ3n) is 5.19. The predicted molar refractivity (Wildman–Crippen MR) is 115 cm³/mol. The van der Waals surface area contributed by atoms with E-state index >= 15 is 0 Å². The van der Waals surface area contributed by atoms with Gasteiger partial charge in [0.1, 0.15) is 0 Å². The highest BCUT2D eigenvalue weighted by molar-refractivity contribution is 9.10. The van der Waals surface area contributed by atoms with E-state index in [2.05, 4.69) is 31.7 Å². The van der Waals surface area contributed by atoms with Crippen LogP contribution in [0.15, 0.2) is 59.2 Å². The van der Waals surface area contributed by atoms with Crippen LogP contribution < -0.4 is 10.6 Å². The first kappa shape index (κ1) is 18.9. The molecule has 0 unspecified atom stereocenters. The Morgan fingerprint density at radius 2 is 1.93 bits per heavy atom. The molecule has 2 heterocycles. The molecular weight excluding hydrogens is 416 g/mol. The van der Waals surface area contributed by atoms with Gasteiger partial charge in [0.15, 0.2) is 0 Å². The highest BCUT2D eigenvalue weighted by Crippen LogP contribution is 2.31. The lowest BCUT2D eigenvalue weighted by molar-refractivity contribution is 0.102. The van der Waals surface area contributed by atoms with E-state index in [1.54, 1.807) is 6.20 Å². The van der Waals surface area contributed by atoms with E-state index in [1.807, 2.05) is 60.1 Å². The van der Waals surface area contributed by atoms with Gasteiger partial charge in [-0.1, -0.05) is 34.1 Å². The summed E-state index contributed by atoms with van der Waals surface area (Å²) in [5.74, 6) is 0.189. The molecule has 28 heavy (non-hydrogen) atoms. The maximum atomic E-state index is 13.1. The largest absolute Gasteiger partial charge is 0.322 e. The van der Waals surface area contributed by atoms with Gasteiger partial charge in [0, 0.05) is 16.1 Å². The van der Waals surface area contributed by atoms with E-state index < -0.39 is 0 Å². The van der Waals surface area contributed by atoms with Gasteiger partial charge in [-0.25, -0.2) is 4.68 Å². The van der Waals surface area contributed by atoms with Crippen molar-refractivity contribution in [3.8, 4) is 5.69 Å². The van der Waals surface area contributed by atoms with E-state index in [0.29, 0.717) is 11.5 Å². The summed E-state index contributed by atoms with van der Waals surface area (Å²) in [6.45, 7) is 3.92. The normalized spacial score (nSPS) is 14.8. The molecule has 0 aliphatic carbocycles. The Hall–Kier alpha value is -2.44. The minimum Gasteiger partial charge on any atom is -0.322 e. The molecule has 5 nitrogen and oxygen atoms in total. The molecule has 144 valence electrons. The van der Waals surface area contributed by atoms with Crippen molar-refractivity contribution < 1.29 is 4.79 Å². The van der Waals surface area contributed by atoms with Crippen LogP contribution in [0.25, 0.3) is 5.69 Å². The van der Waals surface area contributed by atoms with Crippen LogP contribution >= 0.6 is 15.9 Å². The lowest BCUT2D eigenvalue weighted by Gasteiger charge is -2.24. The number of para-hydroxylation sites is 1. The van der Waals surface area contributed by atoms with E-state index in [1.165, 1.54) is 0 Å². The second-order valence-electron chi connectivity index (χ2n) is 7.13. The van der Waals surface area contributed by atoms with E-state index in [4.69, 9.17) is 0 Å². The fourth-order valence-electron chi connectivity index (χ4n) is 3.72. The maximum Gasteiger partial charge on any atom is 0.259 e. The number of hydrogen-bond acceptors (Lipinski definition) is 3. The molecule has 1 fully saturated rings. The number of nitrogens with one attached hydrogen (secondary N) is 2. The van der Waals surface area contributed by atoms with Crippen LogP contribution in [0.5, 0.6) is 0 Å². The van der Waals surface area contributed by atoms with Gasteiger partial charge >= 0.3 is 0 Å². The molecule has 1 amide bonds. The van der Waals surface area contributed by atoms with E-state index in [0.717, 1.165) is 53.0 Å². The summed E-state index contributed by atoms with van der Waals surface area (Å²) in [4.78, 5) is 13.1. The summed E-state index contributed by atoms with van der Waals surface area (Å²) >= 11 is 3.50. The summed E-state index contributed by atoms with van der Waals surface area (Å²) in [6, 6.07) is 15.8. The second-order valence-corrected chi connectivity index (χ2v) is 7.99. The first-order valence-electron chi connectivity index (χ1n) is 9.55. The van der Waals surface area contributed by atoms with Crippen LogP contribution in [0.1, 0.15) is 40.4 Å². The number of halogens is 1. The number of anilines is 1. The van der Waals surface area contributed by atoms with Gasteiger partial charge < -0.3 is 10.6 Å². The molecule has 0 bridgehead atoms. The molecular formula is C22H23BrN4O. The van der Waals surface area contributed by atoms with Crippen molar-refractivity contribution >= 4 is 27.5 Å². The molecule has 1 aliphatic heterocycles. The standard InChI is InChI=1S/C22H23BrN4O/c1-15-13-17(7-8-20(15)23)26-22(28)19-14-25-27(18-5-3-2-4-6-18)21(19)16-9-11-24-12-10-16/h2-8,13-14,16,24H,9-12H2,1H3,(H,26,28). The third kappa shape index (κ3) is 3.88. The van der Waals surface area contributed by atoms with Gasteiger partial charge in [-0.15, -0.1) is 0 Å². The zero-order valence-corrected chi connectivity index (χ0v) is 17.4. The summed E-state index contributed by atoms with van der Waals surface area (Å²) < 4.78 is 2.95. The Kier molecular flexibility index (Phi) is 5.59. The van der Waals surface area contributed by atoms with Crippen molar-refractivity contribution in [1.82, 2.24) is 15.1 Å². The fraction of sp³-hybridized carbons (Fsp3) is 0.273. The molecule has 2 aromatic carbocycles. The van der Waals surface area contributed by atoms with Crippen molar-refractivity contribution in [2.75, 3.05) is 18.4 Å². The summed E-state index contributed by atoms with van der Waals surface area (Å²) in [7, 11) is 0. The number of aryl methyl sites for hydroxylation is 1. The predicted octanol–water partition coefficient (Wildman–Crippen LogP) is 4.66. The van der Waals surface area contributed by atoms with Crippen LogP contribution in [0.2, 0.25) is 0 Å². The van der Waals surface area contributed by atoms with Crippen molar-refractivity contribution in [2.24, 2.45) is 0 Å². The number of piperidine rings is 1. The first-order valence-corrected chi connectivity index (χ1v) is 10.3. The molecule has 0 atom stereocenters. The van der Waals surface area contributed by atoms with Gasteiger partial charge in [-0.05, 0) is 68.8 Å². The topological polar surface area (TPSA) is 59.0 Å². The molecule has 2 N–H and O–H groups in total. The van der Waals surface area contributed by atoms with Crippen LogP contribution in [0.4, 0.5) is 5.69 Å². The van der Waals surface area contributed by atoms with Gasteiger partial charge in [0.2, 0.25) is 0 Å². The zero-order valence-electron chi connectivity index (χ0n) is 15.8. The molecule has 6 heteroatoms. The maximum absolute atomic E-state index is 13.1. The lowest BCUT2D eigenvalue weighted by atomic mass is 9.91. The quantitative estimate of drug-likeness (QED) is 0.622. The van der Waals surface area contributed by atoms with Gasteiger partial charge in [-0.3, -0.25) is 4.79 Å². The van der Waals surface area contributed by atoms with Gasteiger partial charge in [-0.2, -0.15) is 5.10 Å². The Bertz CT molecular complexity index is 977. The highest BCUT2D eigenvalue weighted by Gasteiger charge is 2.27. The summed E-state index contributed by atoms with van der Waals surface area (Å²) in [5, 5.41) is 11.0. The Balaban J connectivity index is 1.70. The monoisotopic (exact) mass is 438 g/mol. The van der Waals surface area contributed by atoms with Gasteiger partial charge in [0.25, 0.3) is 5.91 Å². The molecule has 4 rings (SSSR count). The number of benzene rings is 2. The number of carbonyl (C=O) groups is 1. The Morgan fingerprint density at radius 3 is 2.64 bits per heavy atom. The molecule has 1 saturated heterocycles. The number of hydrogen-bond donors (Lipinski definition) is 2. The van der Waals surface area contributed by atoms with Crippen LogP contribution in [0, 0.1) is 6.92 Å². The average molecular weight is 439 g/mol. The second kappa shape index (κ2) is 8.29. The molecule has 1 aliphatic rings. The van der Waals surface area contributed by atoms with Crippen LogP contribution in [0.3, 0.4) is 0 Å². The van der Waals surface area contributed by atoms with Crippen molar-refractivity contribution in [3.05, 3.63) is 76.0 Å². The zero-order chi connectivity index (χ0) is 19.5. The van der Waals surface area contributed by atoms with Crippen molar-refractivity contribution in [1.29, 1.82) is 0 Å². The Labute approximate surface area is 173 Å². The summed E-state index contributed by atoms with van der Waals surface area (Å²) in [5.41, 5.74) is 4.50.